The summed E-state index contributed by atoms with van der Waals surface area (Å²) in [5.74, 6) is 1.50. The van der Waals surface area contributed by atoms with Crippen molar-refractivity contribution in [3.63, 3.8) is 0 Å². The smallest absolute Gasteiger partial charge is 0.342 e. The zero-order valence-corrected chi connectivity index (χ0v) is 23.4. The van der Waals surface area contributed by atoms with Gasteiger partial charge >= 0.3 is 5.97 Å². The minimum Gasteiger partial charge on any atom is -0.507 e. The lowest BCUT2D eigenvalue weighted by Crippen LogP contribution is -2.34. The van der Waals surface area contributed by atoms with Gasteiger partial charge in [-0.15, -0.1) is 0 Å². The van der Waals surface area contributed by atoms with Crippen molar-refractivity contribution in [3.05, 3.63) is 65.2 Å². The number of nitrogens with zero attached hydrogens (tertiary/aromatic N) is 2. The summed E-state index contributed by atoms with van der Waals surface area (Å²) in [7, 11) is 0. The Hall–Kier alpha value is -3.58. The molecule has 1 aliphatic carbocycles. The fourth-order valence-corrected chi connectivity index (χ4v) is 6.65. The third kappa shape index (κ3) is 4.92. The number of esters is 1. The molecule has 210 valence electrons. The second-order valence-corrected chi connectivity index (χ2v) is 11.2. The number of carbonyl (C=O) groups is 1. The lowest BCUT2D eigenvalue weighted by atomic mass is 9.88. The SMILES string of the molecule is CCOC(=O)c1c(C)oc2c1c(C(c1ccncc1)N1CCCCC1)c(O)c1cc(OCC3CCCC3)ccc12. The van der Waals surface area contributed by atoms with Gasteiger partial charge < -0.3 is 19.0 Å². The molecule has 6 rings (SSSR count). The Morgan fingerprint density at radius 1 is 1.07 bits per heavy atom. The molecule has 1 aliphatic heterocycles. The maximum Gasteiger partial charge on any atom is 0.342 e. The lowest BCUT2D eigenvalue weighted by molar-refractivity contribution is 0.0526. The average Bonchev–Trinajstić information content (AvgIpc) is 3.63. The highest BCUT2D eigenvalue weighted by Crippen LogP contribution is 2.48. The van der Waals surface area contributed by atoms with E-state index in [4.69, 9.17) is 13.9 Å². The fraction of sp³-hybridized carbons (Fsp3) is 0.455. The number of aryl methyl sites for hydroxylation is 1. The molecule has 4 aromatic rings. The van der Waals surface area contributed by atoms with Crippen molar-refractivity contribution in [2.45, 2.75) is 64.8 Å². The van der Waals surface area contributed by atoms with Gasteiger partial charge in [0.05, 0.1) is 19.3 Å². The number of furan rings is 1. The van der Waals surface area contributed by atoms with Crippen LogP contribution in [0.25, 0.3) is 21.7 Å². The van der Waals surface area contributed by atoms with Gasteiger partial charge in [-0.1, -0.05) is 19.3 Å². The highest BCUT2D eigenvalue weighted by atomic mass is 16.5. The summed E-state index contributed by atoms with van der Waals surface area (Å²) in [6.45, 7) is 6.30. The summed E-state index contributed by atoms with van der Waals surface area (Å²) in [5, 5.41) is 14.2. The molecule has 2 fully saturated rings. The van der Waals surface area contributed by atoms with Crippen LogP contribution in [-0.2, 0) is 4.74 Å². The number of ether oxygens (including phenoxy) is 2. The Bertz CT molecular complexity index is 1500. The van der Waals surface area contributed by atoms with Crippen LogP contribution in [0, 0.1) is 12.8 Å². The van der Waals surface area contributed by atoms with E-state index in [-0.39, 0.29) is 18.4 Å². The van der Waals surface area contributed by atoms with Gasteiger partial charge in [0.25, 0.3) is 0 Å². The number of aromatic nitrogens is 1. The first kappa shape index (κ1) is 26.6. The van der Waals surface area contributed by atoms with Crippen molar-refractivity contribution in [2.24, 2.45) is 5.92 Å². The van der Waals surface area contributed by atoms with Crippen LogP contribution in [0.1, 0.15) is 85.2 Å². The van der Waals surface area contributed by atoms with E-state index >= 15 is 0 Å². The molecule has 40 heavy (non-hydrogen) atoms. The van der Waals surface area contributed by atoms with Gasteiger partial charge in [0.1, 0.15) is 28.4 Å². The van der Waals surface area contributed by atoms with E-state index in [1.165, 1.54) is 32.1 Å². The Morgan fingerprint density at radius 3 is 2.55 bits per heavy atom. The number of aromatic hydroxyl groups is 1. The van der Waals surface area contributed by atoms with Crippen LogP contribution in [0.2, 0.25) is 0 Å². The van der Waals surface area contributed by atoms with Gasteiger partial charge in [-0.05, 0) is 94.4 Å². The van der Waals surface area contributed by atoms with Crippen molar-refractivity contribution >= 4 is 27.7 Å². The van der Waals surface area contributed by atoms with Crippen molar-refractivity contribution in [3.8, 4) is 11.5 Å². The van der Waals surface area contributed by atoms with Crippen LogP contribution in [0.5, 0.6) is 11.5 Å². The molecule has 0 radical (unpaired) electrons. The summed E-state index contributed by atoms with van der Waals surface area (Å²) in [6, 6.07) is 9.49. The number of rotatable bonds is 8. The predicted octanol–water partition coefficient (Wildman–Crippen LogP) is 7.32. The highest BCUT2D eigenvalue weighted by molar-refractivity contribution is 6.17. The molecule has 1 atom stereocenters. The van der Waals surface area contributed by atoms with Crippen LogP contribution < -0.4 is 4.74 Å². The van der Waals surface area contributed by atoms with Gasteiger partial charge in [-0.25, -0.2) is 4.79 Å². The topological polar surface area (TPSA) is 85.0 Å². The number of pyridine rings is 1. The fourth-order valence-electron chi connectivity index (χ4n) is 6.65. The molecule has 7 nitrogen and oxygen atoms in total. The van der Waals surface area contributed by atoms with Crippen LogP contribution in [0.3, 0.4) is 0 Å². The van der Waals surface area contributed by atoms with Crippen molar-refractivity contribution in [1.29, 1.82) is 0 Å². The van der Waals surface area contributed by atoms with E-state index in [9.17, 15) is 9.90 Å². The minimum atomic E-state index is -0.442. The van der Waals surface area contributed by atoms with Crippen LogP contribution in [0.15, 0.2) is 47.1 Å². The molecule has 0 bridgehead atoms. The number of fused-ring (bicyclic) bond motifs is 3. The van der Waals surface area contributed by atoms with E-state index < -0.39 is 5.97 Å². The maximum atomic E-state index is 13.3. The van der Waals surface area contributed by atoms with Crippen molar-refractivity contribution in [1.82, 2.24) is 9.88 Å². The van der Waals surface area contributed by atoms with E-state index in [1.807, 2.05) is 30.3 Å². The summed E-state index contributed by atoms with van der Waals surface area (Å²) < 4.78 is 18.1. The Labute approximate surface area is 235 Å². The normalized spacial score (nSPS) is 17.4. The van der Waals surface area contributed by atoms with E-state index in [2.05, 4.69) is 9.88 Å². The standard InChI is InChI=1S/C33H38N2O5/c1-3-38-33(37)27-21(2)40-32-25-12-11-24(39-20-22-9-5-6-10-22)19-26(25)31(36)29(28(27)32)30(23-13-15-34-16-14-23)35-17-7-4-8-18-35/h11-16,19,22,30,36H,3-10,17-18,20H2,1-2H3. The van der Waals surface area contributed by atoms with E-state index in [0.717, 1.165) is 42.6 Å². The number of phenolic OH excluding ortho intramolecular Hbond substituents is 1. The highest BCUT2D eigenvalue weighted by Gasteiger charge is 2.34. The molecular weight excluding hydrogens is 504 g/mol. The molecule has 1 saturated carbocycles. The van der Waals surface area contributed by atoms with Crippen molar-refractivity contribution < 1.29 is 23.8 Å². The quantitative estimate of drug-likeness (QED) is 0.234. The molecule has 7 heteroatoms. The molecule has 2 aromatic heterocycles. The largest absolute Gasteiger partial charge is 0.507 e. The van der Waals surface area contributed by atoms with E-state index in [1.54, 1.807) is 26.2 Å². The second kappa shape index (κ2) is 11.5. The lowest BCUT2D eigenvalue weighted by Gasteiger charge is -2.36. The predicted molar refractivity (Wildman–Crippen MR) is 155 cm³/mol. The van der Waals surface area contributed by atoms with Gasteiger partial charge in [0.15, 0.2) is 0 Å². The zero-order valence-electron chi connectivity index (χ0n) is 23.4. The summed E-state index contributed by atoms with van der Waals surface area (Å²) >= 11 is 0. The van der Waals surface area contributed by atoms with Gasteiger partial charge in [-0.2, -0.15) is 0 Å². The minimum absolute atomic E-state index is 0.146. The van der Waals surface area contributed by atoms with Gasteiger partial charge in [0.2, 0.25) is 0 Å². The third-order valence-corrected chi connectivity index (χ3v) is 8.59. The molecule has 0 amide bonds. The molecule has 3 heterocycles. The number of likely N-dealkylation sites (tertiary alicyclic amines) is 1. The molecule has 0 spiro atoms. The Kier molecular flexibility index (Phi) is 7.65. The van der Waals surface area contributed by atoms with Crippen LogP contribution in [-0.4, -0.2) is 47.3 Å². The van der Waals surface area contributed by atoms with Gasteiger partial charge in [-0.3, -0.25) is 9.88 Å². The van der Waals surface area contributed by atoms with Crippen molar-refractivity contribution in [2.75, 3.05) is 26.3 Å². The monoisotopic (exact) mass is 542 g/mol. The van der Waals surface area contributed by atoms with E-state index in [0.29, 0.717) is 45.8 Å². The average molecular weight is 543 g/mol. The third-order valence-electron chi connectivity index (χ3n) is 8.59. The number of hydrogen-bond donors (Lipinski definition) is 1. The summed E-state index contributed by atoms with van der Waals surface area (Å²) in [5.41, 5.74) is 2.64. The first-order chi connectivity index (χ1) is 19.6. The van der Waals surface area contributed by atoms with Crippen LogP contribution in [0.4, 0.5) is 0 Å². The number of piperidine rings is 1. The first-order valence-corrected chi connectivity index (χ1v) is 14.7. The zero-order chi connectivity index (χ0) is 27.6. The number of hydrogen-bond acceptors (Lipinski definition) is 7. The number of phenols is 1. The van der Waals surface area contributed by atoms with Crippen LogP contribution >= 0.6 is 0 Å². The molecule has 1 N–H and O–H groups in total. The maximum absolute atomic E-state index is 13.3. The Balaban J connectivity index is 1.59. The Morgan fingerprint density at radius 2 is 1.82 bits per heavy atom. The molecule has 1 unspecified atom stereocenters. The molecule has 2 aromatic carbocycles. The number of carbonyl (C=O) groups excluding carboxylic acids is 1. The summed E-state index contributed by atoms with van der Waals surface area (Å²) in [6.07, 6.45) is 11.8. The molecular formula is C33H38N2O5. The molecule has 2 aliphatic rings. The number of benzene rings is 2. The second-order valence-electron chi connectivity index (χ2n) is 11.2. The first-order valence-electron chi connectivity index (χ1n) is 14.7. The van der Waals surface area contributed by atoms with Gasteiger partial charge in [0, 0.05) is 34.1 Å². The summed E-state index contributed by atoms with van der Waals surface area (Å²) in [4.78, 5) is 20.0. The molecule has 1 saturated heterocycles.